The second-order valence-corrected chi connectivity index (χ2v) is 16.9. The second kappa shape index (κ2) is 17.4. The van der Waals surface area contributed by atoms with Crippen LogP contribution in [0.15, 0.2) is 12.7 Å². The molecule has 0 aliphatic carbocycles. The number of nitrogens with one attached hydrogen (secondary N) is 2. The van der Waals surface area contributed by atoms with Gasteiger partial charge in [-0.25, -0.2) is 28.6 Å². The third-order valence-electron chi connectivity index (χ3n) is 6.50. The monoisotopic (exact) mass is 793 g/mol. The molecule has 50 heavy (non-hydrogen) atoms. The highest BCUT2D eigenvalue weighted by Gasteiger charge is 2.50. The molecular formula is C23H38N7O16P3S. The van der Waals surface area contributed by atoms with E-state index < -0.39 is 72.5 Å². The van der Waals surface area contributed by atoms with Crippen LogP contribution in [0.25, 0.3) is 11.2 Å². The zero-order valence-electron chi connectivity index (χ0n) is 26.8. The van der Waals surface area contributed by atoms with E-state index in [0.29, 0.717) is 5.75 Å². The summed E-state index contributed by atoms with van der Waals surface area (Å²) in [4.78, 5) is 85.8. The van der Waals surface area contributed by atoms with Crippen LogP contribution in [0.1, 0.15) is 39.8 Å². The Balaban J connectivity index is 1.52. The first kappa shape index (κ1) is 42.0. The number of nitrogen functional groups attached to an aromatic ring is 1. The molecule has 0 bridgehead atoms. The first-order valence-corrected chi connectivity index (χ1v) is 19.9. The average Bonchev–Trinajstić information content (AvgIpc) is 3.53. The third kappa shape index (κ3) is 13.3. The maximum atomic E-state index is 12.6. The number of aliphatic hydroxyl groups is 1. The molecule has 282 valence electrons. The highest BCUT2D eigenvalue weighted by Crippen LogP contribution is 2.61. The number of anilines is 1. The molecule has 1 aliphatic heterocycles. The zero-order valence-corrected chi connectivity index (χ0v) is 30.3. The van der Waals surface area contributed by atoms with E-state index in [0.717, 1.165) is 29.0 Å². The summed E-state index contributed by atoms with van der Waals surface area (Å²) in [6.07, 6.45) is -5.00. The fraction of sp³-hybridized carbons (Fsp3) is 0.652. The van der Waals surface area contributed by atoms with Gasteiger partial charge in [0.1, 0.15) is 30.2 Å². The fourth-order valence-electron chi connectivity index (χ4n) is 4.37. The summed E-state index contributed by atoms with van der Waals surface area (Å²) in [6, 6.07) is 0. The summed E-state index contributed by atoms with van der Waals surface area (Å²) in [5, 5.41) is 15.9. The summed E-state index contributed by atoms with van der Waals surface area (Å²) < 4.78 is 62.0. The molecule has 6 atom stereocenters. The molecule has 2 amide bonds. The number of aromatic nitrogens is 4. The maximum absolute atomic E-state index is 12.6. The predicted octanol–water partition coefficient (Wildman–Crippen LogP) is -0.286. The van der Waals surface area contributed by atoms with Crippen molar-refractivity contribution in [3.63, 3.8) is 0 Å². The van der Waals surface area contributed by atoms with Crippen LogP contribution in [0, 0.1) is 5.41 Å². The smallest absolute Gasteiger partial charge is 0.386 e. The van der Waals surface area contributed by atoms with Crippen molar-refractivity contribution in [2.45, 2.75) is 58.2 Å². The van der Waals surface area contributed by atoms with Crippen LogP contribution in [-0.4, -0.2) is 111 Å². The molecule has 2 aromatic heterocycles. The van der Waals surface area contributed by atoms with Crippen molar-refractivity contribution in [1.82, 2.24) is 30.2 Å². The van der Waals surface area contributed by atoms with Gasteiger partial charge < -0.3 is 45.8 Å². The number of rotatable bonds is 19. The van der Waals surface area contributed by atoms with Gasteiger partial charge in [-0.15, -0.1) is 0 Å². The van der Waals surface area contributed by atoms with Crippen molar-refractivity contribution in [2.24, 2.45) is 5.41 Å². The van der Waals surface area contributed by atoms with E-state index in [1.54, 1.807) is 0 Å². The summed E-state index contributed by atoms with van der Waals surface area (Å²) in [7, 11) is -16.1. The molecule has 0 saturated carbocycles. The topological polar surface area (TPSA) is 343 Å². The highest BCUT2D eigenvalue weighted by atomic mass is 32.2. The van der Waals surface area contributed by atoms with E-state index in [4.69, 9.17) is 19.5 Å². The molecule has 0 radical (unpaired) electrons. The maximum Gasteiger partial charge on any atom is 0.481 e. The number of nitrogens with zero attached hydrogens (tertiary/aromatic N) is 4. The molecule has 2 unspecified atom stereocenters. The number of carbonyl (C=O) groups excluding carboxylic acids is 3. The van der Waals surface area contributed by atoms with Gasteiger partial charge >= 0.3 is 23.5 Å². The number of nitrogens with two attached hydrogens (primary N) is 1. The number of ether oxygens (including phenoxy) is 1. The van der Waals surface area contributed by atoms with Crippen molar-refractivity contribution < 1.29 is 75.4 Å². The van der Waals surface area contributed by atoms with Gasteiger partial charge in [-0.05, 0) is 5.41 Å². The Morgan fingerprint density at radius 3 is 2.36 bits per heavy atom. The van der Waals surface area contributed by atoms with Gasteiger partial charge in [0, 0.05) is 38.6 Å². The normalized spacial score (nSPS) is 22.2. The van der Waals surface area contributed by atoms with E-state index in [1.807, 2.05) is 0 Å². The SMILES string of the molecule is CC(=O)SCCNC(=O)CCNC(=O)CC(C)(C)COP(=O)(O)OP(=O)(O)OC[C@H]1O[C@@H](n2cnc3c(N)ncnc32)[C@H](O)[C@@H]1OP(=O)(O)O. The van der Waals surface area contributed by atoms with Gasteiger partial charge in [0.15, 0.2) is 22.8 Å². The minimum Gasteiger partial charge on any atom is -0.386 e. The van der Waals surface area contributed by atoms with Gasteiger partial charge in [0.2, 0.25) is 11.8 Å². The lowest BCUT2D eigenvalue weighted by molar-refractivity contribution is -0.124. The van der Waals surface area contributed by atoms with Crippen molar-refractivity contribution in [3.8, 4) is 0 Å². The lowest BCUT2D eigenvalue weighted by Gasteiger charge is -2.25. The number of amides is 2. The number of hydrogen-bond acceptors (Lipinski definition) is 17. The summed E-state index contributed by atoms with van der Waals surface area (Å²) in [6.45, 7) is 2.92. The number of phosphoric acid groups is 3. The van der Waals surface area contributed by atoms with Crippen molar-refractivity contribution in [1.29, 1.82) is 0 Å². The Kier molecular flexibility index (Phi) is 14.6. The molecule has 2 aromatic rings. The van der Waals surface area contributed by atoms with Gasteiger partial charge in [0.25, 0.3) is 0 Å². The Morgan fingerprint density at radius 2 is 1.70 bits per heavy atom. The van der Waals surface area contributed by atoms with Crippen molar-refractivity contribution in [2.75, 3.05) is 37.8 Å². The first-order chi connectivity index (χ1) is 23.1. The Hall–Kier alpha value is -2.40. The fourth-order valence-corrected chi connectivity index (χ4v) is 7.70. The number of hydrogen-bond donors (Lipinski definition) is 8. The number of thioether (sulfide) groups is 1. The van der Waals surface area contributed by atoms with Crippen molar-refractivity contribution in [3.05, 3.63) is 12.7 Å². The molecule has 0 spiro atoms. The quantitative estimate of drug-likeness (QED) is 0.0669. The minimum atomic E-state index is -5.48. The molecule has 23 nitrogen and oxygen atoms in total. The zero-order chi connectivity index (χ0) is 37.5. The van der Waals surface area contributed by atoms with E-state index in [9.17, 15) is 52.8 Å². The molecule has 0 aromatic carbocycles. The third-order valence-corrected chi connectivity index (χ3v) is 10.4. The van der Waals surface area contributed by atoms with E-state index >= 15 is 0 Å². The minimum absolute atomic E-state index is 0.0153. The van der Waals surface area contributed by atoms with E-state index in [-0.39, 0.29) is 53.9 Å². The molecule has 3 rings (SSSR count). The average molecular weight is 794 g/mol. The number of carbonyl (C=O) groups is 3. The van der Waals surface area contributed by atoms with Crippen LogP contribution in [0.3, 0.4) is 0 Å². The molecule has 1 fully saturated rings. The second-order valence-electron chi connectivity index (χ2n) is 11.4. The summed E-state index contributed by atoms with van der Waals surface area (Å²) in [5.74, 6) is -0.504. The van der Waals surface area contributed by atoms with Gasteiger partial charge in [-0.1, -0.05) is 25.6 Å². The molecule has 3 heterocycles. The standard InChI is InChI=1S/C23H38N7O16P3S/c1-13(31)50-7-6-26-15(32)4-5-25-16(33)8-23(2,3)10-43-49(40,41)46-48(38,39)42-9-14-19(45-47(35,36)37)18(34)22(44-14)30-12-29-17-20(24)27-11-28-21(17)30/h11-12,14,18-19,22,34H,4-10H2,1-3H3,(H,25,33)(H,26,32)(H,38,39)(H,40,41)(H2,24,27,28)(H2,35,36,37)/t14-,18-,19-,22-/m1/s1. The number of fused-ring (bicyclic) bond motifs is 1. The van der Waals surface area contributed by atoms with Crippen LogP contribution in [-0.2, 0) is 50.7 Å². The first-order valence-electron chi connectivity index (χ1n) is 14.4. The predicted molar refractivity (Wildman–Crippen MR) is 171 cm³/mol. The van der Waals surface area contributed by atoms with Gasteiger partial charge in [-0.3, -0.25) is 32.5 Å². The van der Waals surface area contributed by atoms with E-state index in [1.165, 1.54) is 20.8 Å². The molecule has 27 heteroatoms. The number of imidazole rings is 1. The lowest BCUT2D eigenvalue weighted by Crippen LogP contribution is -2.35. The molecular weight excluding hydrogens is 755 g/mol. The van der Waals surface area contributed by atoms with Crippen LogP contribution in [0.4, 0.5) is 5.82 Å². The Labute approximate surface area is 288 Å². The molecule has 1 aliphatic rings. The highest BCUT2D eigenvalue weighted by molar-refractivity contribution is 8.13. The summed E-state index contributed by atoms with van der Waals surface area (Å²) >= 11 is 1.06. The Morgan fingerprint density at radius 1 is 1.04 bits per heavy atom. The van der Waals surface area contributed by atoms with Crippen LogP contribution in [0.5, 0.6) is 0 Å². The molecule has 1 saturated heterocycles. The Bertz CT molecular complexity index is 1670. The number of aliphatic hydroxyl groups excluding tert-OH is 1. The van der Waals surface area contributed by atoms with Crippen LogP contribution in [0.2, 0.25) is 0 Å². The molecule has 9 N–H and O–H groups in total. The number of phosphoric ester groups is 3. The van der Waals surface area contributed by atoms with E-state index in [2.05, 4.69) is 34.4 Å². The van der Waals surface area contributed by atoms with Gasteiger partial charge in [-0.2, -0.15) is 4.31 Å². The largest absolute Gasteiger partial charge is 0.481 e. The van der Waals surface area contributed by atoms with Crippen LogP contribution >= 0.6 is 35.2 Å². The van der Waals surface area contributed by atoms with Crippen molar-refractivity contribution >= 4 is 69.1 Å². The van der Waals surface area contributed by atoms with Crippen LogP contribution < -0.4 is 16.4 Å². The summed E-state index contributed by atoms with van der Waals surface area (Å²) in [5.41, 5.74) is 4.79. The lowest BCUT2D eigenvalue weighted by atomic mass is 9.90. The van der Waals surface area contributed by atoms with Gasteiger partial charge in [0.05, 0.1) is 19.5 Å².